The topological polar surface area (TPSA) is 63.0 Å². The van der Waals surface area contributed by atoms with Gasteiger partial charge in [0, 0.05) is 50.5 Å². The van der Waals surface area contributed by atoms with Crippen LogP contribution in [0.3, 0.4) is 0 Å². The number of fused-ring (bicyclic) bond motifs is 1. The molecule has 25 heavy (non-hydrogen) atoms. The summed E-state index contributed by atoms with van der Waals surface area (Å²) in [6.07, 6.45) is 7.55. The van der Waals surface area contributed by atoms with Crippen molar-refractivity contribution in [3.8, 4) is 0 Å². The Balaban J connectivity index is 1.71. The average Bonchev–Trinajstić information content (AvgIpc) is 2.97. The third kappa shape index (κ3) is 3.86. The van der Waals surface area contributed by atoms with Crippen LogP contribution in [-0.2, 0) is 11.2 Å². The molecule has 0 aromatic carbocycles. The second kappa shape index (κ2) is 6.90. The van der Waals surface area contributed by atoms with Gasteiger partial charge in [0.1, 0.15) is 5.60 Å². The van der Waals surface area contributed by atoms with Gasteiger partial charge in [-0.05, 0) is 27.2 Å². The van der Waals surface area contributed by atoms with Crippen LogP contribution >= 0.6 is 0 Å². The number of aromatic nitrogens is 3. The van der Waals surface area contributed by atoms with E-state index in [9.17, 15) is 4.79 Å². The zero-order valence-electron chi connectivity index (χ0n) is 15.5. The van der Waals surface area contributed by atoms with Crippen LogP contribution in [0.4, 0.5) is 10.6 Å². The maximum absolute atomic E-state index is 12.2. The number of aryl methyl sites for hydroxylation is 1. The Bertz CT molecular complexity index is 741. The third-order valence-corrected chi connectivity index (χ3v) is 4.22. The van der Waals surface area contributed by atoms with Crippen LogP contribution in [-0.4, -0.2) is 57.1 Å². The molecule has 0 atom stereocenters. The van der Waals surface area contributed by atoms with Crippen LogP contribution in [0.2, 0.25) is 0 Å². The van der Waals surface area contributed by atoms with Crippen LogP contribution in [0.25, 0.3) is 5.65 Å². The summed E-state index contributed by atoms with van der Waals surface area (Å²) in [6.45, 7) is 10.5. The Morgan fingerprint density at radius 3 is 2.56 bits per heavy atom. The highest BCUT2D eigenvalue weighted by molar-refractivity contribution is 5.69. The standard InChI is InChI=1S/C18H27N5O2/c1-5-6-14-13-20-16-15(19-7-8-23(14)16)21-9-11-22(12-10-21)17(24)25-18(2,3)4/h7-8,13H,5-6,9-12H2,1-4H3. The molecule has 7 nitrogen and oxygen atoms in total. The first kappa shape index (κ1) is 17.5. The maximum atomic E-state index is 12.2. The molecule has 0 aliphatic carbocycles. The van der Waals surface area contributed by atoms with Crippen molar-refractivity contribution in [2.24, 2.45) is 0 Å². The van der Waals surface area contributed by atoms with Crippen LogP contribution in [0.15, 0.2) is 18.6 Å². The number of imidazole rings is 1. The van der Waals surface area contributed by atoms with Gasteiger partial charge in [-0.15, -0.1) is 0 Å². The minimum atomic E-state index is -0.465. The first-order valence-electron chi connectivity index (χ1n) is 8.93. The third-order valence-electron chi connectivity index (χ3n) is 4.22. The van der Waals surface area contributed by atoms with Crippen molar-refractivity contribution in [1.82, 2.24) is 19.3 Å². The molecule has 1 aliphatic rings. The van der Waals surface area contributed by atoms with Crippen molar-refractivity contribution >= 4 is 17.6 Å². The Morgan fingerprint density at radius 2 is 1.92 bits per heavy atom. The predicted molar refractivity (Wildman–Crippen MR) is 97.0 cm³/mol. The summed E-state index contributed by atoms with van der Waals surface area (Å²) >= 11 is 0. The van der Waals surface area contributed by atoms with E-state index in [2.05, 4.69) is 26.2 Å². The van der Waals surface area contributed by atoms with Gasteiger partial charge in [-0.2, -0.15) is 0 Å². The number of carbonyl (C=O) groups excluding carboxylic acids is 1. The highest BCUT2D eigenvalue weighted by Crippen LogP contribution is 2.21. The number of nitrogens with zero attached hydrogens (tertiary/aromatic N) is 5. The van der Waals surface area contributed by atoms with Gasteiger partial charge in [0.15, 0.2) is 11.5 Å². The SMILES string of the molecule is CCCc1cnc2c(N3CCN(C(=O)OC(C)(C)C)CC3)nccn12. The van der Waals surface area contributed by atoms with Gasteiger partial charge < -0.3 is 14.5 Å². The quantitative estimate of drug-likeness (QED) is 0.856. The lowest BCUT2D eigenvalue weighted by Crippen LogP contribution is -2.50. The van der Waals surface area contributed by atoms with Crippen LogP contribution in [0.5, 0.6) is 0 Å². The van der Waals surface area contributed by atoms with E-state index in [0.29, 0.717) is 13.1 Å². The summed E-state index contributed by atoms with van der Waals surface area (Å²) in [5, 5.41) is 0. The van der Waals surface area contributed by atoms with E-state index >= 15 is 0 Å². The fourth-order valence-electron chi connectivity index (χ4n) is 3.05. The molecule has 3 heterocycles. The molecule has 2 aromatic heterocycles. The maximum Gasteiger partial charge on any atom is 0.410 e. The minimum Gasteiger partial charge on any atom is -0.444 e. The van der Waals surface area contributed by atoms with Crippen molar-refractivity contribution < 1.29 is 9.53 Å². The number of amides is 1. The van der Waals surface area contributed by atoms with Gasteiger partial charge in [0.25, 0.3) is 0 Å². The van der Waals surface area contributed by atoms with Crippen molar-refractivity contribution in [3.63, 3.8) is 0 Å². The van der Waals surface area contributed by atoms with Gasteiger partial charge in [0.2, 0.25) is 0 Å². The summed E-state index contributed by atoms with van der Waals surface area (Å²) in [7, 11) is 0. The number of anilines is 1. The monoisotopic (exact) mass is 345 g/mol. The molecule has 2 aromatic rings. The average molecular weight is 345 g/mol. The van der Waals surface area contributed by atoms with E-state index in [1.165, 1.54) is 5.69 Å². The smallest absolute Gasteiger partial charge is 0.410 e. The molecular weight excluding hydrogens is 318 g/mol. The van der Waals surface area contributed by atoms with E-state index in [4.69, 9.17) is 4.74 Å². The fraction of sp³-hybridized carbons (Fsp3) is 0.611. The van der Waals surface area contributed by atoms with E-state index in [0.717, 1.165) is 37.4 Å². The van der Waals surface area contributed by atoms with Gasteiger partial charge in [0.05, 0.1) is 0 Å². The molecule has 1 amide bonds. The Kier molecular flexibility index (Phi) is 4.83. The lowest BCUT2D eigenvalue weighted by atomic mass is 10.2. The van der Waals surface area contributed by atoms with Crippen molar-refractivity contribution in [1.29, 1.82) is 0 Å². The molecule has 0 radical (unpaired) electrons. The molecule has 0 bridgehead atoms. The molecular formula is C18H27N5O2. The number of rotatable bonds is 3. The number of hydrogen-bond donors (Lipinski definition) is 0. The summed E-state index contributed by atoms with van der Waals surface area (Å²) in [4.78, 5) is 25.3. The predicted octanol–water partition coefficient (Wildman–Crippen LogP) is 2.74. The van der Waals surface area contributed by atoms with E-state index in [1.807, 2.05) is 39.4 Å². The molecule has 136 valence electrons. The van der Waals surface area contributed by atoms with E-state index < -0.39 is 5.60 Å². The van der Waals surface area contributed by atoms with Crippen LogP contribution in [0.1, 0.15) is 39.8 Å². The highest BCUT2D eigenvalue weighted by atomic mass is 16.6. The van der Waals surface area contributed by atoms with Crippen LogP contribution < -0.4 is 4.90 Å². The summed E-state index contributed by atoms with van der Waals surface area (Å²) in [5.74, 6) is 0.883. The van der Waals surface area contributed by atoms with Gasteiger partial charge in [-0.1, -0.05) is 13.3 Å². The number of hydrogen-bond acceptors (Lipinski definition) is 5. The zero-order valence-corrected chi connectivity index (χ0v) is 15.5. The molecule has 1 aliphatic heterocycles. The highest BCUT2D eigenvalue weighted by Gasteiger charge is 2.27. The summed E-state index contributed by atoms with van der Waals surface area (Å²) < 4.78 is 7.57. The molecule has 0 unspecified atom stereocenters. The van der Waals surface area contributed by atoms with E-state index in [-0.39, 0.29) is 6.09 Å². The molecule has 3 rings (SSSR count). The molecule has 1 saturated heterocycles. The molecule has 1 fully saturated rings. The second-order valence-electron chi connectivity index (χ2n) is 7.40. The lowest BCUT2D eigenvalue weighted by molar-refractivity contribution is 0.0240. The largest absolute Gasteiger partial charge is 0.444 e. The molecule has 0 N–H and O–H groups in total. The van der Waals surface area contributed by atoms with Crippen molar-refractivity contribution in [3.05, 3.63) is 24.3 Å². The Labute approximate surface area is 148 Å². The molecule has 0 spiro atoms. The first-order chi connectivity index (χ1) is 11.9. The van der Waals surface area contributed by atoms with Crippen molar-refractivity contribution in [2.45, 2.75) is 46.1 Å². The minimum absolute atomic E-state index is 0.246. The van der Waals surface area contributed by atoms with Gasteiger partial charge >= 0.3 is 6.09 Å². The Morgan fingerprint density at radius 1 is 1.20 bits per heavy atom. The Hall–Kier alpha value is -2.31. The lowest BCUT2D eigenvalue weighted by Gasteiger charge is -2.36. The van der Waals surface area contributed by atoms with Crippen LogP contribution in [0, 0.1) is 0 Å². The number of piperazine rings is 1. The van der Waals surface area contributed by atoms with E-state index in [1.54, 1.807) is 4.90 Å². The van der Waals surface area contributed by atoms with Crippen molar-refractivity contribution in [2.75, 3.05) is 31.1 Å². The molecule has 0 saturated carbocycles. The summed E-state index contributed by atoms with van der Waals surface area (Å²) in [6, 6.07) is 0. The van der Waals surface area contributed by atoms with Gasteiger partial charge in [-0.25, -0.2) is 14.8 Å². The first-order valence-corrected chi connectivity index (χ1v) is 8.93. The zero-order chi connectivity index (χ0) is 18.0. The number of carbonyl (C=O) groups is 1. The number of ether oxygens (including phenoxy) is 1. The summed E-state index contributed by atoms with van der Waals surface area (Å²) in [5.41, 5.74) is 1.62. The second-order valence-corrected chi connectivity index (χ2v) is 7.40. The molecule has 7 heteroatoms. The fourth-order valence-corrected chi connectivity index (χ4v) is 3.05. The van der Waals surface area contributed by atoms with Gasteiger partial charge in [-0.3, -0.25) is 4.40 Å². The normalized spacial score (nSPS) is 15.7.